The Balaban J connectivity index is 2.17. The molecule has 3 rings (SSSR count). The molecule has 3 heteroatoms. The Kier molecular flexibility index (Phi) is 2.49. The van der Waals surface area contributed by atoms with Gasteiger partial charge in [-0.05, 0) is 24.5 Å². The lowest BCUT2D eigenvalue weighted by Crippen LogP contribution is -2.22. The maximum atomic E-state index is 9.51. The quantitative estimate of drug-likeness (QED) is 0.901. The Hall–Kier alpha value is -0.930. The van der Waals surface area contributed by atoms with Crippen LogP contribution in [0, 0.1) is 0 Å². The minimum atomic E-state index is -0.214. The summed E-state index contributed by atoms with van der Waals surface area (Å²) in [5.41, 5.74) is 2.05. The lowest BCUT2D eigenvalue weighted by atomic mass is 9.85. The van der Waals surface area contributed by atoms with Crippen molar-refractivity contribution in [3.05, 3.63) is 28.8 Å². The van der Waals surface area contributed by atoms with Crippen LogP contribution in [-0.2, 0) is 5.41 Å². The fourth-order valence-corrected chi connectivity index (χ4v) is 3.27. The first-order chi connectivity index (χ1) is 8.12. The third-order valence-electron chi connectivity index (χ3n) is 3.49. The van der Waals surface area contributed by atoms with E-state index >= 15 is 0 Å². The van der Waals surface area contributed by atoms with E-state index in [1.54, 1.807) is 0 Å². The predicted molar refractivity (Wildman–Crippen MR) is 71.7 cm³/mol. The first kappa shape index (κ1) is 11.2. The van der Waals surface area contributed by atoms with Crippen LogP contribution >= 0.6 is 11.3 Å². The average molecular weight is 247 g/mol. The van der Waals surface area contributed by atoms with Crippen LogP contribution in [0.4, 0.5) is 0 Å². The summed E-state index contributed by atoms with van der Waals surface area (Å²) >= 11 is 1.82. The van der Waals surface area contributed by atoms with Gasteiger partial charge in [-0.2, -0.15) is 0 Å². The number of benzene rings is 1. The number of thiazole rings is 1. The Labute approximate surface area is 105 Å². The summed E-state index contributed by atoms with van der Waals surface area (Å²) in [6.45, 7) is 4.29. The number of aliphatic hydroxyl groups excluding tert-OH is 1. The first-order valence-corrected chi connectivity index (χ1v) is 6.94. The second-order valence-corrected chi connectivity index (χ2v) is 6.58. The van der Waals surface area contributed by atoms with Gasteiger partial charge in [0.15, 0.2) is 0 Å². The molecule has 0 saturated heterocycles. The highest BCUT2D eigenvalue weighted by atomic mass is 32.1. The van der Waals surface area contributed by atoms with Crippen LogP contribution in [0.2, 0.25) is 0 Å². The monoisotopic (exact) mass is 247 g/mol. The summed E-state index contributed by atoms with van der Waals surface area (Å²) in [6.07, 6.45) is 2.58. The van der Waals surface area contributed by atoms with E-state index in [1.165, 1.54) is 28.1 Å². The highest BCUT2D eigenvalue weighted by Crippen LogP contribution is 2.44. The number of para-hydroxylation sites is 1. The van der Waals surface area contributed by atoms with E-state index in [9.17, 15) is 5.11 Å². The molecule has 1 heterocycles. The third kappa shape index (κ3) is 1.87. The second-order valence-electron chi connectivity index (χ2n) is 5.52. The van der Waals surface area contributed by atoms with E-state index in [0.29, 0.717) is 5.92 Å². The van der Waals surface area contributed by atoms with E-state index in [0.717, 1.165) is 5.52 Å². The normalized spacial score (nSPS) is 16.6. The fourth-order valence-electron chi connectivity index (χ4n) is 2.10. The van der Waals surface area contributed by atoms with Gasteiger partial charge in [-0.3, -0.25) is 0 Å². The third-order valence-corrected chi connectivity index (χ3v) is 4.67. The lowest BCUT2D eigenvalue weighted by molar-refractivity contribution is 0.219. The van der Waals surface area contributed by atoms with Gasteiger partial charge < -0.3 is 5.11 Å². The zero-order valence-electron chi connectivity index (χ0n) is 10.2. The summed E-state index contributed by atoms with van der Waals surface area (Å²) in [6, 6.07) is 6.30. The Morgan fingerprint density at radius 2 is 2.18 bits per heavy atom. The number of hydrogen-bond acceptors (Lipinski definition) is 3. The highest BCUT2D eigenvalue weighted by molar-refractivity contribution is 7.18. The van der Waals surface area contributed by atoms with Crippen molar-refractivity contribution in [1.29, 1.82) is 0 Å². The largest absolute Gasteiger partial charge is 0.395 e. The molecule has 1 aromatic carbocycles. The molecule has 0 radical (unpaired) electrons. The Morgan fingerprint density at radius 3 is 2.82 bits per heavy atom. The number of hydrogen-bond donors (Lipinski definition) is 1. The van der Waals surface area contributed by atoms with Gasteiger partial charge in [-0.25, -0.2) is 4.98 Å². The summed E-state index contributed by atoms with van der Waals surface area (Å²) < 4.78 is 1.26. The van der Waals surface area contributed by atoms with Crippen molar-refractivity contribution in [2.75, 3.05) is 6.61 Å². The van der Waals surface area contributed by atoms with Crippen molar-refractivity contribution in [1.82, 2.24) is 4.98 Å². The fraction of sp³-hybridized carbons (Fsp3) is 0.500. The van der Waals surface area contributed by atoms with Crippen molar-refractivity contribution in [3.8, 4) is 0 Å². The minimum Gasteiger partial charge on any atom is -0.395 e. The lowest BCUT2D eigenvalue weighted by Gasteiger charge is -2.22. The van der Waals surface area contributed by atoms with Crippen LogP contribution in [-0.4, -0.2) is 16.7 Å². The van der Waals surface area contributed by atoms with Crippen LogP contribution in [0.5, 0.6) is 0 Å². The van der Waals surface area contributed by atoms with E-state index in [1.807, 2.05) is 11.3 Å². The van der Waals surface area contributed by atoms with Gasteiger partial charge in [-0.1, -0.05) is 26.0 Å². The highest BCUT2D eigenvalue weighted by Gasteiger charge is 2.29. The molecule has 0 amide bonds. The Morgan fingerprint density at radius 1 is 1.41 bits per heavy atom. The zero-order valence-corrected chi connectivity index (χ0v) is 11.0. The first-order valence-electron chi connectivity index (χ1n) is 6.12. The molecule has 90 valence electrons. The molecule has 1 aliphatic rings. The van der Waals surface area contributed by atoms with Gasteiger partial charge in [0, 0.05) is 11.3 Å². The number of rotatable bonds is 3. The molecule has 0 bridgehead atoms. The number of fused-ring (bicyclic) bond motifs is 1. The second kappa shape index (κ2) is 3.79. The maximum Gasteiger partial charge on any atom is 0.0969 e. The van der Waals surface area contributed by atoms with Crippen LogP contribution in [0.3, 0.4) is 0 Å². The minimum absolute atomic E-state index is 0.155. The summed E-state index contributed by atoms with van der Waals surface area (Å²) in [5, 5.41) is 10.8. The number of nitrogens with zero attached hydrogens (tertiary/aromatic N) is 1. The summed E-state index contributed by atoms with van der Waals surface area (Å²) in [4.78, 5) is 4.80. The molecule has 2 nitrogen and oxygen atoms in total. The SMILES string of the molecule is CC(C)(CO)c1cccc2sc(C3CC3)nc12. The standard InChI is InChI=1S/C14H17NOS/c1-14(2,8-16)10-4-3-5-11-12(10)15-13(17-11)9-6-7-9/h3-5,9,16H,6-8H2,1-2H3. The molecular weight excluding hydrogens is 230 g/mol. The molecule has 17 heavy (non-hydrogen) atoms. The molecule has 0 aliphatic heterocycles. The summed E-state index contributed by atoms with van der Waals surface area (Å²) in [7, 11) is 0. The van der Waals surface area contributed by atoms with E-state index in [4.69, 9.17) is 4.98 Å². The smallest absolute Gasteiger partial charge is 0.0969 e. The van der Waals surface area contributed by atoms with Crippen molar-refractivity contribution < 1.29 is 5.11 Å². The van der Waals surface area contributed by atoms with Gasteiger partial charge >= 0.3 is 0 Å². The van der Waals surface area contributed by atoms with Crippen LogP contribution in [0.25, 0.3) is 10.2 Å². The number of aliphatic hydroxyl groups is 1. The molecule has 2 aromatic rings. The predicted octanol–water partition coefficient (Wildman–Crippen LogP) is 3.44. The van der Waals surface area contributed by atoms with Crippen molar-refractivity contribution in [3.63, 3.8) is 0 Å². The van der Waals surface area contributed by atoms with E-state index < -0.39 is 0 Å². The summed E-state index contributed by atoms with van der Waals surface area (Å²) in [5.74, 6) is 0.706. The van der Waals surface area contributed by atoms with Gasteiger partial charge in [0.2, 0.25) is 0 Å². The molecule has 1 aromatic heterocycles. The van der Waals surface area contributed by atoms with Crippen LogP contribution < -0.4 is 0 Å². The molecular formula is C14H17NOS. The van der Waals surface area contributed by atoms with Gasteiger partial charge in [0.25, 0.3) is 0 Å². The molecule has 0 spiro atoms. The van der Waals surface area contributed by atoms with E-state index in [2.05, 4.69) is 32.0 Å². The zero-order chi connectivity index (χ0) is 12.0. The molecule has 1 fully saturated rings. The Bertz CT molecular complexity index is 554. The van der Waals surface area contributed by atoms with Gasteiger partial charge in [-0.15, -0.1) is 11.3 Å². The van der Waals surface area contributed by atoms with Crippen molar-refractivity contribution >= 4 is 21.6 Å². The molecule has 0 atom stereocenters. The van der Waals surface area contributed by atoms with Crippen molar-refractivity contribution in [2.45, 2.75) is 38.0 Å². The maximum absolute atomic E-state index is 9.51. The topological polar surface area (TPSA) is 33.1 Å². The average Bonchev–Trinajstić information content (AvgIpc) is 3.08. The molecule has 1 aliphatic carbocycles. The molecule has 1 saturated carbocycles. The van der Waals surface area contributed by atoms with Gasteiger partial charge in [0.1, 0.15) is 0 Å². The number of aromatic nitrogens is 1. The van der Waals surface area contributed by atoms with Crippen LogP contribution in [0.1, 0.15) is 43.2 Å². The van der Waals surface area contributed by atoms with Crippen molar-refractivity contribution in [2.24, 2.45) is 0 Å². The molecule has 1 N–H and O–H groups in total. The van der Waals surface area contributed by atoms with Gasteiger partial charge in [0.05, 0.1) is 21.8 Å². The molecule has 0 unspecified atom stereocenters. The van der Waals surface area contributed by atoms with Crippen LogP contribution in [0.15, 0.2) is 18.2 Å². The van der Waals surface area contributed by atoms with E-state index in [-0.39, 0.29) is 12.0 Å².